The predicted molar refractivity (Wildman–Crippen MR) is 26.7 cm³/mol. The Kier molecular flexibility index (Phi) is 2.81. The number of hydrogen-bond donors (Lipinski definition) is 0. The first-order chi connectivity index (χ1) is 3.72. The Labute approximate surface area is 65.3 Å². The summed E-state index contributed by atoms with van der Waals surface area (Å²) in [5.74, 6) is -0.301. The molecule has 1 fully saturated rings. The van der Waals surface area contributed by atoms with Crippen LogP contribution >= 0.6 is 0 Å². The number of carbonyl (C=O) groups is 2. The maximum Gasteiger partial charge on any atom is 0.199 e. The molecule has 49 valence electrons. The van der Waals surface area contributed by atoms with Gasteiger partial charge in [0.1, 0.15) is 0 Å². The van der Waals surface area contributed by atoms with Crippen LogP contribution in [0.2, 0.25) is 0 Å². The van der Waals surface area contributed by atoms with Gasteiger partial charge in [-0.3, -0.25) is 11.2 Å². The summed E-state index contributed by atoms with van der Waals surface area (Å²) < 4.78 is 0. The van der Waals surface area contributed by atoms with Gasteiger partial charge in [0, 0.05) is 25.6 Å². The second-order valence-corrected chi connectivity index (χ2v) is 1.70. The Hall–Kier alpha value is -0.406. The molecule has 0 aromatic carbocycles. The van der Waals surface area contributed by atoms with Gasteiger partial charge >= 0.3 is 0 Å². The van der Waals surface area contributed by atoms with Gasteiger partial charge in [-0.1, -0.05) is 6.42 Å². The van der Waals surface area contributed by atoms with Gasteiger partial charge in [-0.15, -0.1) is 0 Å². The summed E-state index contributed by atoms with van der Waals surface area (Å²) in [5, 5.41) is 0. The zero-order valence-corrected chi connectivity index (χ0v) is 6.39. The monoisotopic (exact) mass is 163 g/mol. The zero-order valence-electron chi connectivity index (χ0n) is 5.00. The largest absolute Gasteiger partial charge is 0.313 e. The van der Waals surface area contributed by atoms with Gasteiger partial charge < -0.3 is 9.69 Å². The Bertz CT molecular complexity index is 130. The molecule has 1 rings (SSSR count). The molecule has 0 bridgehead atoms. The van der Waals surface area contributed by atoms with Crippen molar-refractivity contribution in [3.05, 3.63) is 6.42 Å². The second kappa shape index (κ2) is 2.94. The molecule has 0 unspecified atom stereocenters. The Morgan fingerprint density at radius 2 is 2.11 bits per heavy atom. The van der Waals surface area contributed by atoms with E-state index >= 15 is 0 Å². The molecule has 1 aliphatic heterocycles. The van der Waals surface area contributed by atoms with E-state index < -0.39 is 0 Å². The summed E-state index contributed by atoms with van der Waals surface area (Å²) in [6, 6.07) is 0. The summed E-state index contributed by atoms with van der Waals surface area (Å²) in [7, 11) is 1.48. The molecule has 1 saturated heterocycles. The molecule has 0 aromatic rings. The molecule has 0 aromatic heterocycles. The second-order valence-electron chi connectivity index (χ2n) is 1.70. The molecular weight excluding hydrogens is 157 g/mol. The number of amides is 2. The summed E-state index contributed by atoms with van der Waals surface area (Å²) in [4.78, 5) is 22.0. The third kappa shape index (κ3) is 1.50. The van der Waals surface area contributed by atoms with Crippen molar-refractivity contribution in [1.82, 2.24) is 4.90 Å². The summed E-state index contributed by atoms with van der Waals surface area (Å²) >= 11 is 0. The van der Waals surface area contributed by atoms with Crippen molar-refractivity contribution >= 4 is 11.8 Å². The minimum atomic E-state index is -0.185. The molecule has 9 heavy (non-hydrogen) atoms. The number of likely N-dealkylation sites (tertiary alicyclic amines) is 1. The van der Waals surface area contributed by atoms with Gasteiger partial charge in [-0.05, 0) is 0 Å². The quantitative estimate of drug-likeness (QED) is 0.359. The number of rotatable bonds is 0. The van der Waals surface area contributed by atoms with E-state index in [9.17, 15) is 9.59 Å². The van der Waals surface area contributed by atoms with E-state index in [2.05, 4.69) is 0 Å². The van der Waals surface area contributed by atoms with Crippen molar-refractivity contribution in [3.8, 4) is 0 Å². The molecule has 1 radical (unpaired) electrons. The molecule has 0 saturated carbocycles. The van der Waals surface area contributed by atoms with Crippen LogP contribution in [0, 0.1) is 6.42 Å². The molecule has 2 amide bonds. The van der Waals surface area contributed by atoms with Crippen LogP contribution in [0.5, 0.6) is 0 Å². The van der Waals surface area contributed by atoms with Gasteiger partial charge in [-0.25, -0.2) is 0 Å². The molecule has 1 heterocycles. The fraction of sp³-hybridized carbons (Fsp3) is 0.400. The van der Waals surface area contributed by atoms with Crippen molar-refractivity contribution in [1.29, 1.82) is 0 Å². The van der Waals surface area contributed by atoms with E-state index in [-0.39, 0.29) is 36.8 Å². The van der Waals surface area contributed by atoms with Crippen LogP contribution in [-0.2, 0) is 28.1 Å². The average molecular weight is 163 g/mol. The smallest absolute Gasteiger partial charge is 0.199 e. The summed E-state index contributed by atoms with van der Waals surface area (Å²) in [6.07, 6.45) is 1.65. The molecule has 0 spiro atoms. The Morgan fingerprint density at radius 1 is 1.56 bits per heavy atom. The van der Waals surface area contributed by atoms with E-state index in [4.69, 9.17) is 0 Å². The van der Waals surface area contributed by atoms with Gasteiger partial charge in [-0.2, -0.15) is 0 Å². The minimum absolute atomic E-state index is 0. The third-order valence-electron chi connectivity index (χ3n) is 1.16. The van der Waals surface area contributed by atoms with Crippen LogP contribution in [0.25, 0.3) is 0 Å². The normalized spacial score (nSPS) is 17.2. The number of nitrogens with zero attached hydrogens (tertiary/aromatic N) is 1. The SMILES string of the molecule is CN1C(=O)[CH-]CC1=O.[V]. The van der Waals surface area contributed by atoms with E-state index in [1.807, 2.05) is 0 Å². The number of carbonyl (C=O) groups excluding carboxylic acids is 2. The summed E-state index contributed by atoms with van der Waals surface area (Å²) in [6.45, 7) is 0. The maximum absolute atomic E-state index is 10.5. The van der Waals surface area contributed by atoms with Crippen LogP contribution in [-0.4, -0.2) is 23.8 Å². The third-order valence-corrected chi connectivity index (χ3v) is 1.16. The van der Waals surface area contributed by atoms with Crippen LogP contribution in [0.3, 0.4) is 0 Å². The van der Waals surface area contributed by atoms with Gasteiger partial charge in [0.15, 0.2) is 5.91 Å². The zero-order chi connectivity index (χ0) is 6.15. The number of imide groups is 1. The van der Waals surface area contributed by atoms with Gasteiger partial charge in [0.05, 0.1) is 5.91 Å². The van der Waals surface area contributed by atoms with E-state index in [0.29, 0.717) is 0 Å². The molecule has 0 aliphatic carbocycles. The molecule has 4 heteroatoms. The van der Waals surface area contributed by atoms with Crippen LogP contribution in [0.1, 0.15) is 6.42 Å². The van der Waals surface area contributed by atoms with Gasteiger partial charge in [0.2, 0.25) is 0 Å². The number of hydrogen-bond acceptors (Lipinski definition) is 2. The fourth-order valence-electron chi connectivity index (χ4n) is 0.571. The van der Waals surface area contributed by atoms with Gasteiger partial charge in [0.25, 0.3) is 0 Å². The van der Waals surface area contributed by atoms with Crippen LogP contribution in [0.4, 0.5) is 0 Å². The van der Waals surface area contributed by atoms with E-state index in [0.717, 1.165) is 4.90 Å². The first-order valence-corrected chi connectivity index (χ1v) is 2.35. The van der Waals surface area contributed by atoms with E-state index in [1.54, 1.807) is 0 Å². The molecule has 0 N–H and O–H groups in total. The van der Waals surface area contributed by atoms with Crippen molar-refractivity contribution < 1.29 is 28.1 Å². The van der Waals surface area contributed by atoms with Crippen molar-refractivity contribution in [2.24, 2.45) is 0 Å². The molecule has 0 atom stereocenters. The standard InChI is InChI=1S/C5H6NO2.V/c1-6-4(7)2-3-5(6)8;/h2H,3H2,1H3;/q-1;. The first-order valence-electron chi connectivity index (χ1n) is 2.35. The topological polar surface area (TPSA) is 37.4 Å². The minimum Gasteiger partial charge on any atom is -0.313 e. The van der Waals surface area contributed by atoms with Crippen molar-refractivity contribution in [3.63, 3.8) is 0 Å². The maximum atomic E-state index is 10.5. The Balaban J connectivity index is 0.000000640. The molecule has 1 aliphatic rings. The van der Waals surface area contributed by atoms with Crippen LogP contribution < -0.4 is 0 Å². The first kappa shape index (κ1) is 8.59. The average Bonchev–Trinajstić information content (AvgIpc) is 1.98. The van der Waals surface area contributed by atoms with Crippen molar-refractivity contribution in [2.45, 2.75) is 6.42 Å². The fourth-order valence-corrected chi connectivity index (χ4v) is 0.571. The Morgan fingerprint density at radius 3 is 2.22 bits per heavy atom. The molecular formula is C5H6NO2V-. The summed E-state index contributed by atoms with van der Waals surface area (Å²) in [5.41, 5.74) is 0. The van der Waals surface area contributed by atoms with Crippen LogP contribution in [0.15, 0.2) is 0 Å². The molecule has 3 nitrogen and oxygen atoms in total. The van der Waals surface area contributed by atoms with Crippen molar-refractivity contribution in [2.75, 3.05) is 7.05 Å². The van der Waals surface area contributed by atoms with E-state index in [1.165, 1.54) is 13.5 Å². The predicted octanol–water partition coefficient (Wildman–Crippen LogP) is -0.423.